The fraction of sp³-hybridized carbons (Fsp3) is 0.0714. The number of aliphatic imine (C=N–C) groups is 1. The Bertz CT molecular complexity index is 653. The van der Waals surface area contributed by atoms with Gasteiger partial charge in [-0.25, -0.2) is 13.2 Å². The Kier molecular flexibility index (Phi) is 3.55. The number of aryl methyl sites for hydroxylation is 1. The van der Waals surface area contributed by atoms with Gasteiger partial charge < -0.3 is 5.11 Å². The molecular weight excluding hydrogens is 255 g/mol. The smallest absolute Gasteiger partial charge is 0.196 e. The van der Waals surface area contributed by atoms with Crippen LogP contribution in [0.25, 0.3) is 0 Å². The second-order valence-corrected chi connectivity index (χ2v) is 3.97. The average Bonchev–Trinajstić information content (AvgIpc) is 2.40. The number of nitrogens with zero attached hydrogens (tertiary/aromatic N) is 1. The number of halogens is 3. The lowest BCUT2D eigenvalue weighted by Gasteiger charge is -2.02. The van der Waals surface area contributed by atoms with Crippen molar-refractivity contribution in [3.63, 3.8) is 0 Å². The molecule has 2 rings (SSSR count). The highest BCUT2D eigenvalue weighted by atomic mass is 19.2. The maximum atomic E-state index is 13.4. The molecule has 0 fully saturated rings. The van der Waals surface area contributed by atoms with Crippen molar-refractivity contribution < 1.29 is 18.3 Å². The van der Waals surface area contributed by atoms with E-state index in [2.05, 4.69) is 4.99 Å². The highest BCUT2D eigenvalue weighted by molar-refractivity contribution is 5.85. The molecule has 2 aromatic rings. The first kappa shape index (κ1) is 13.1. The Morgan fingerprint density at radius 3 is 2.53 bits per heavy atom. The molecule has 0 aliphatic heterocycles. The molecule has 0 spiro atoms. The lowest BCUT2D eigenvalue weighted by atomic mass is 10.1. The molecule has 0 aliphatic rings. The van der Waals surface area contributed by atoms with Gasteiger partial charge in [0.15, 0.2) is 17.5 Å². The summed E-state index contributed by atoms with van der Waals surface area (Å²) in [5, 5.41) is 9.72. The molecule has 2 aromatic carbocycles. The third-order valence-corrected chi connectivity index (χ3v) is 2.63. The van der Waals surface area contributed by atoms with Crippen LogP contribution in [0.1, 0.15) is 11.1 Å². The molecule has 0 heterocycles. The van der Waals surface area contributed by atoms with Crippen molar-refractivity contribution >= 4 is 11.9 Å². The molecule has 98 valence electrons. The molecule has 5 heteroatoms. The summed E-state index contributed by atoms with van der Waals surface area (Å²) in [5.41, 5.74) is 0.665. The van der Waals surface area contributed by atoms with Gasteiger partial charge in [-0.1, -0.05) is 12.1 Å². The number of hydrogen-bond acceptors (Lipinski definition) is 2. The van der Waals surface area contributed by atoms with E-state index in [9.17, 15) is 18.3 Å². The van der Waals surface area contributed by atoms with Crippen LogP contribution in [0.5, 0.6) is 5.75 Å². The second kappa shape index (κ2) is 5.14. The van der Waals surface area contributed by atoms with E-state index in [1.165, 1.54) is 6.21 Å². The summed E-state index contributed by atoms with van der Waals surface area (Å²) in [7, 11) is 0. The number of phenolic OH excluding ortho intramolecular Hbond substituents is 1. The van der Waals surface area contributed by atoms with E-state index in [0.29, 0.717) is 11.1 Å². The normalized spacial score (nSPS) is 11.2. The molecule has 2 nitrogen and oxygen atoms in total. The quantitative estimate of drug-likeness (QED) is 0.649. The minimum Gasteiger partial charge on any atom is -0.507 e. The minimum absolute atomic E-state index is 0.00856. The summed E-state index contributed by atoms with van der Waals surface area (Å²) in [6.07, 6.45) is 1.19. The second-order valence-electron chi connectivity index (χ2n) is 3.97. The first-order chi connectivity index (χ1) is 9.00. The minimum atomic E-state index is -1.57. The number of para-hydroxylation sites is 1. The van der Waals surface area contributed by atoms with Crippen molar-refractivity contribution in [1.29, 1.82) is 0 Å². The van der Waals surface area contributed by atoms with Crippen molar-refractivity contribution in [3.05, 3.63) is 58.9 Å². The van der Waals surface area contributed by atoms with Gasteiger partial charge >= 0.3 is 0 Å². The molecule has 0 aliphatic carbocycles. The van der Waals surface area contributed by atoms with E-state index >= 15 is 0 Å². The van der Waals surface area contributed by atoms with Crippen LogP contribution < -0.4 is 0 Å². The maximum absolute atomic E-state index is 13.4. The van der Waals surface area contributed by atoms with Crippen molar-refractivity contribution in [3.8, 4) is 5.75 Å². The van der Waals surface area contributed by atoms with Crippen LogP contribution in [-0.4, -0.2) is 11.3 Å². The predicted molar refractivity (Wildman–Crippen MR) is 66.4 cm³/mol. The molecule has 0 radical (unpaired) electrons. The molecule has 19 heavy (non-hydrogen) atoms. The van der Waals surface area contributed by atoms with E-state index in [0.717, 1.165) is 12.1 Å². The van der Waals surface area contributed by atoms with Crippen LogP contribution in [-0.2, 0) is 0 Å². The summed E-state index contributed by atoms with van der Waals surface area (Å²) in [4.78, 5) is 3.71. The van der Waals surface area contributed by atoms with Crippen molar-refractivity contribution in [2.45, 2.75) is 6.92 Å². The lowest BCUT2D eigenvalue weighted by molar-refractivity contribution is 0.448. The van der Waals surface area contributed by atoms with Crippen LogP contribution >= 0.6 is 0 Å². The van der Waals surface area contributed by atoms with Crippen LogP contribution in [0, 0.1) is 24.4 Å². The molecule has 0 atom stereocenters. The molecule has 0 amide bonds. The molecule has 0 bridgehead atoms. The van der Waals surface area contributed by atoms with Gasteiger partial charge in [-0.2, -0.15) is 0 Å². The van der Waals surface area contributed by atoms with Gasteiger partial charge in [0, 0.05) is 11.8 Å². The Labute approximate surface area is 107 Å². The topological polar surface area (TPSA) is 32.6 Å². The highest BCUT2D eigenvalue weighted by Crippen LogP contribution is 2.24. The zero-order valence-electron chi connectivity index (χ0n) is 9.99. The molecule has 1 N–H and O–H groups in total. The molecule has 0 saturated carbocycles. The van der Waals surface area contributed by atoms with Gasteiger partial charge in [0.05, 0.1) is 0 Å². The summed E-state index contributed by atoms with van der Waals surface area (Å²) in [6, 6.07) is 6.78. The number of rotatable bonds is 2. The van der Waals surface area contributed by atoms with E-state index in [4.69, 9.17) is 0 Å². The van der Waals surface area contributed by atoms with Crippen molar-refractivity contribution in [1.82, 2.24) is 0 Å². The van der Waals surface area contributed by atoms with Gasteiger partial charge in [0.25, 0.3) is 0 Å². The predicted octanol–water partition coefficient (Wildman–Crippen LogP) is 3.87. The number of aromatic hydroxyl groups is 1. The van der Waals surface area contributed by atoms with Gasteiger partial charge in [-0.15, -0.1) is 0 Å². The van der Waals surface area contributed by atoms with Gasteiger partial charge in [0.1, 0.15) is 11.4 Å². The zero-order chi connectivity index (χ0) is 14.0. The maximum Gasteiger partial charge on any atom is 0.196 e. The average molecular weight is 265 g/mol. The van der Waals surface area contributed by atoms with Gasteiger partial charge in [0.2, 0.25) is 0 Å². The zero-order valence-corrected chi connectivity index (χ0v) is 9.99. The van der Waals surface area contributed by atoms with Crippen molar-refractivity contribution in [2.24, 2.45) is 4.99 Å². The Morgan fingerprint density at radius 2 is 1.79 bits per heavy atom. The summed E-state index contributed by atoms with van der Waals surface area (Å²) < 4.78 is 39.1. The third-order valence-electron chi connectivity index (χ3n) is 2.63. The standard InChI is InChI=1S/C14H10F3NO/c1-8-3-2-4-9(14(8)19)7-18-11-6-5-10(15)12(16)13(11)17/h2-7,19H,1H3. The summed E-state index contributed by atoms with van der Waals surface area (Å²) in [6.45, 7) is 1.70. The Hall–Kier alpha value is -2.30. The molecule has 0 unspecified atom stereocenters. The van der Waals surface area contributed by atoms with E-state index in [-0.39, 0.29) is 11.4 Å². The Balaban J connectivity index is 2.38. The Morgan fingerprint density at radius 1 is 1.05 bits per heavy atom. The van der Waals surface area contributed by atoms with Crippen LogP contribution in [0.15, 0.2) is 35.3 Å². The first-order valence-corrected chi connectivity index (χ1v) is 5.47. The monoisotopic (exact) mass is 265 g/mol. The van der Waals surface area contributed by atoms with Gasteiger partial charge in [-0.05, 0) is 30.7 Å². The van der Waals surface area contributed by atoms with Crippen LogP contribution in [0.2, 0.25) is 0 Å². The van der Waals surface area contributed by atoms with Crippen LogP contribution in [0.4, 0.5) is 18.9 Å². The summed E-state index contributed by atoms with van der Waals surface area (Å²) in [5.74, 6) is -4.18. The van der Waals surface area contributed by atoms with E-state index in [1.807, 2.05) is 0 Å². The van der Waals surface area contributed by atoms with Crippen molar-refractivity contribution in [2.75, 3.05) is 0 Å². The fourth-order valence-electron chi connectivity index (χ4n) is 1.54. The third kappa shape index (κ3) is 2.59. The molecule has 0 aromatic heterocycles. The number of benzene rings is 2. The highest BCUT2D eigenvalue weighted by Gasteiger charge is 2.12. The fourth-order valence-corrected chi connectivity index (χ4v) is 1.54. The first-order valence-electron chi connectivity index (χ1n) is 5.47. The van der Waals surface area contributed by atoms with E-state index < -0.39 is 17.5 Å². The molecular formula is C14H10F3NO. The molecule has 0 saturated heterocycles. The van der Waals surface area contributed by atoms with Gasteiger partial charge in [-0.3, -0.25) is 4.99 Å². The summed E-state index contributed by atoms with van der Waals surface area (Å²) >= 11 is 0. The van der Waals surface area contributed by atoms with Crippen LogP contribution in [0.3, 0.4) is 0 Å². The number of phenols is 1. The largest absolute Gasteiger partial charge is 0.507 e. The lowest BCUT2D eigenvalue weighted by Crippen LogP contribution is -1.91. The van der Waals surface area contributed by atoms with E-state index in [1.54, 1.807) is 25.1 Å². The SMILES string of the molecule is Cc1cccc(C=Nc2ccc(F)c(F)c2F)c1O. The number of hydrogen-bond donors (Lipinski definition) is 1.